The average molecular weight is 430 g/mol. The van der Waals surface area contributed by atoms with E-state index in [2.05, 4.69) is 10.6 Å². The van der Waals surface area contributed by atoms with Crippen LogP contribution in [-0.4, -0.2) is 35.0 Å². The van der Waals surface area contributed by atoms with E-state index >= 15 is 0 Å². The van der Waals surface area contributed by atoms with Gasteiger partial charge >= 0.3 is 5.97 Å². The second-order valence-corrected chi connectivity index (χ2v) is 9.62. The number of rotatable bonds is 9. The first-order valence-electron chi connectivity index (χ1n) is 11.3. The highest BCUT2D eigenvalue weighted by Gasteiger charge is 2.51. The van der Waals surface area contributed by atoms with Crippen molar-refractivity contribution in [1.29, 1.82) is 0 Å². The highest BCUT2D eigenvalue weighted by atomic mass is 16.6. The monoisotopic (exact) mass is 429 g/mol. The van der Waals surface area contributed by atoms with E-state index in [0.29, 0.717) is 18.7 Å². The molecule has 1 aromatic rings. The Labute approximate surface area is 182 Å². The van der Waals surface area contributed by atoms with Crippen LogP contribution in [-0.2, 0) is 14.3 Å². The molecule has 4 fully saturated rings. The van der Waals surface area contributed by atoms with Gasteiger partial charge in [-0.1, -0.05) is 12.1 Å². The van der Waals surface area contributed by atoms with Gasteiger partial charge in [0, 0.05) is 24.6 Å². The Morgan fingerprint density at radius 2 is 1.77 bits per heavy atom. The lowest BCUT2D eigenvalue weighted by Gasteiger charge is -2.57. The number of esters is 1. The number of anilines is 1. The minimum Gasteiger partial charge on any atom is -0.453 e. The van der Waals surface area contributed by atoms with Crippen molar-refractivity contribution in [2.75, 3.05) is 11.9 Å². The molecule has 4 aliphatic carbocycles. The van der Waals surface area contributed by atoms with Crippen molar-refractivity contribution < 1.29 is 19.2 Å². The third kappa shape index (κ3) is 4.99. The number of nitrogens with zero attached hydrogens (tertiary/aromatic N) is 1. The summed E-state index contributed by atoms with van der Waals surface area (Å²) in [4.78, 5) is 35.5. The maximum atomic E-state index is 12.7. The summed E-state index contributed by atoms with van der Waals surface area (Å²) in [5.74, 6) is 1.57. The number of benzene rings is 1. The van der Waals surface area contributed by atoms with Crippen molar-refractivity contribution >= 4 is 23.3 Å². The zero-order valence-corrected chi connectivity index (χ0v) is 18.0. The van der Waals surface area contributed by atoms with E-state index in [1.807, 2.05) is 0 Å². The molecular weight excluding hydrogens is 398 g/mol. The van der Waals surface area contributed by atoms with Gasteiger partial charge in [-0.2, -0.15) is 0 Å². The zero-order chi connectivity index (χ0) is 22.0. The summed E-state index contributed by atoms with van der Waals surface area (Å²) in [6.45, 7) is 2.02. The summed E-state index contributed by atoms with van der Waals surface area (Å²) < 4.78 is 5.35. The lowest BCUT2D eigenvalue weighted by molar-refractivity contribution is -0.384. The quantitative estimate of drug-likeness (QED) is 0.267. The van der Waals surface area contributed by atoms with E-state index in [4.69, 9.17) is 4.74 Å². The molecule has 168 valence electrons. The molecule has 0 unspecified atom stereocenters. The van der Waals surface area contributed by atoms with Crippen LogP contribution in [0.1, 0.15) is 58.3 Å². The molecule has 8 nitrogen and oxygen atoms in total. The number of carbonyl (C=O) groups is 2. The van der Waals surface area contributed by atoms with E-state index < -0.39 is 17.0 Å². The van der Waals surface area contributed by atoms with Crippen LogP contribution in [0.15, 0.2) is 24.3 Å². The van der Waals surface area contributed by atoms with Gasteiger partial charge in [-0.25, -0.2) is 0 Å². The van der Waals surface area contributed by atoms with Crippen LogP contribution in [0.2, 0.25) is 0 Å². The summed E-state index contributed by atoms with van der Waals surface area (Å²) in [5.41, 5.74) is 0.324. The molecule has 4 bridgehead atoms. The molecule has 31 heavy (non-hydrogen) atoms. The molecule has 0 saturated heterocycles. The largest absolute Gasteiger partial charge is 0.453 e. The zero-order valence-electron chi connectivity index (χ0n) is 18.0. The van der Waals surface area contributed by atoms with Gasteiger partial charge in [-0.3, -0.25) is 19.7 Å². The van der Waals surface area contributed by atoms with Crippen LogP contribution in [0.5, 0.6) is 0 Å². The molecule has 1 aromatic carbocycles. The Hall–Kier alpha value is -2.64. The van der Waals surface area contributed by atoms with Crippen LogP contribution in [0.25, 0.3) is 0 Å². The van der Waals surface area contributed by atoms with Gasteiger partial charge in [-0.05, 0) is 75.7 Å². The standard InChI is InChI=1S/C23H31N3O5/c1-15(22(28)25-23-12-16-9-17(13-23)11-18(10-16)14-23)31-21(27)7-4-8-24-19-5-2-3-6-20(19)26(29)30/h2-3,5-6,15-18,24H,4,7-14H2,1H3,(H,25,28)/t15-,16?,17?,18?,23?/m0/s1. The number of nitrogens with one attached hydrogen (secondary N) is 2. The average Bonchev–Trinajstić information content (AvgIpc) is 2.70. The molecule has 0 radical (unpaired) electrons. The minimum atomic E-state index is -0.816. The molecular formula is C23H31N3O5. The smallest absolute Gasteiger partial charge is 0.306 e. The van der Waals surface area contributed by atoms with Gasteiger partial charge in [0.25, 0.3) is 11.6 Å². The van der Waals surface area contributed by atoms with Crippen molar-refractivity contribution in [1.82, 2.24) is 5.32 Å². The summed E-state index contributed by atoms with van der Waals surface area (Å²) in [6.07, 6.45) is 6.87. The number of para-hydroxylation sites is 2. The lowest BCUT2D eigenvalue weighted by Crippen LogP contribution is -2.61. The highest BCUT2D eigenvalue weighted by molar-refractivity contribution is 5.84. The first-order chi connectivity index (χ1) is 14.8. The number of nitro benzene ring substituents is 1. The van der Waals surface area contributed by atoms with E-state index in [1.54, 1.807) is 25.1 Å². The molecule has 0 aliphatic heterocycles. The summed E-state index contributed by atoms with van der Waals surface area (Å²) >= 11 is 0. The Bertz CT molecular complexity index is 820. The molecule has 0 aromatic heterocycles. The number of nitro groups is 1. The van der Waals surface area contributed by atoms with Crippen molar-refractivity contribution in [3.05, 3.63) is 34.4 Å². The number of hydrogen-bond donors (Lipinski definition) is 2. The molecule has 8 heteroatoms. The number of ether oxygens (including phenoxy) is 1. The molecule has 0 heterocycles. The summed E-state index contributed by atoms with van der Waals surface area (Å²) in [7, 11) is 0. The predicted molar refractivity (Wildman–Crippen MR) is 115 cm³/mol. The van der Waals surface area contributed by atoms with Gasteiger partial charge in [0.1, 0.15) is 5.69 Å². The SMILES string of the molecule is C[C@H](OC(=O)CCCNc1ccccc1[N+](=O)[O-])C(=O)NC12CC3CC(CC(C3)C1)C2. The van der Waals surface area contributed by atoms with E-state index in [9.17, 15) is 19.7 Å². The van der Waals surface area contributed by atoms with Gasteiger partial charge in [0.2, 0.25) is 0 Å². The normalized spacial score (nSPS) is 29.3. The molecule has 2 N–H and O–H groups in total. The molecule has 5 rings (SSSR count). The van der Waals surface area contributed by atoms with Gasteiger partial charge in [0.05, 0.1) is 4.92 Å². The van der Waals surface area contributed by atoms with Crippen molar-refractivity contribution in [3.63, 3.8) is 0 Å². The third-order valence-corrected chi connectivity index (χ3v) is 7.08. The topological polar surface area (TPSA) is 111 Å². The molecule has 4 saturated carbocycles. The van der Waals surface area contributed by atoms with Crippen LogP contribution in [0.4, 0.5) is 11.4 Å². The second kappa shape index (κ2) is 8.85. The van der Waals surface area contributed by atoms with Crippen LogP contribution < -0.4 is 10.6 Å². The fraction of sp³-hybridized carbons (Fsp3) is 0.652. The lowest BCUT2D eigenvalue weighted by atomic mass is 9.53. The van der Waals surface area contributed by atoms with E-state index in [1.165, 1.54) is 25.3 Å². The van der Waals surface area contributed by atoms with E-state index in [-0.39, 0.29) is 23.6 Å². The number of hydrogen-bond acceptors (Lipinski definition) is 6. The number of amides is 1. The molecule has 0 spiro atoms. The summed E-state index contributed by atoms with van der Waals surface area (Å²) in [6, 6.07) is 6.39. The van der Waals surface area contributed by atoms with Crippen LogP contribution in [0.3, 0.4) is 0 Å². The molecule has 4 aliphatic rings. The Morgan fingerprint density at radius 1 is 1.16 bits per heavy atom. The fourth-order valence-electron chi connectivity index (χ4n) is 6.17. The first kappa shape index (κ1) is 21.6. The number of carbonyl (C=O) groups excluding carboxylic acids is 2. The Kier molecular flexibility index (Phi) is 6.16. The van der Waals surface area contributed by atoms with Gasteiger partial charge < -0.3 is 15.4 Å². The van der Waals surface area contributed by atoms with Crippen molar-refractivity contribution in [2.24, 2.45) is 17.8 Å². The molecule has 1 amide bonds. The third-order valence-electron chi connectivity index (χ3n) is 7.08. The maximum absolute atomic E-state index is 12.7. The van der Waals surface area contributed by atoms with E-state index in [0.717, 1.165) is 37.0 Å². The van der Waals surface area contributed by atoms with Gasteiger partial charge in [-0.15, -0.1) is 0 Å². The maximum Gasteiger partial charge on any atom is 0.306 e. The van der Waals surface area contributed by atoms with Crippen molar-refractivity contribution in [2.45, 2.75) is 69.9 Å². The Morgan fingerprint density at radius 3 is 2.39 bits per heavy atom. The highest BCUT2D eigenvalue weighted by Crippen LogP contribution is 2.55. The minimum absolute atomic E-state index is 0.0000427. The van der Waals surface area contributed by atoms with Crippen LogP contribution in [0, 0.1) is 27.9 Å². The Balaban J connectivity index is 1.19. The van der Waals surface area contributed by atoms with Crippen LogP contribution >= 0.6 is 0 Å². The van der Waals surface area contributed by atoms with Gasteiger partial charge in [0.15, 0.2) is 6.10 Å². The van der Waals surface area contributed by atoms with Crippen molar-refractivity contribution in [3.8, 4) is 0 Å². The predicted octanol–water partition coefficient (Wildman–Crippen LogP) is 3.80. The fourth-order valence-corrected chi connectivity index (χ4v) is 6.17. The second-order valence-electron chi connectivity index (χ2n) is 9.62. The summed E-state index contributed by atoms with van der Waals surface area (Å²) in [5, 5.41) is 17.3. The first-order valence-corrected chi connectivity index (χ1v) is 11.3. The molecule has 1 atom stereocenters.